The standard InChI is InChI=1S/C17H17F3N2OS/c1-11-12-7-9-24-15(12)6-8-22(11)10-16(23)21-14-5-3-2-4-13(14)17(18,19)20/h2-5,7,9,11H,6,8,10H2,1H3,(H,21,23)/p+1/t11-/m1/s1. The molecule has 2 N–H and O–H groups in total. The van der Waals surface area contributed by atoms with Gasteiger partial charge in [-0.25, -0.2) is 0 Å². The van der Waals surface area contributed by atoms with Crippen molar-refractivity contribution in [3.8, 4) is 0 Å². The van der Waals surface area contributed by atoms with Crippen molar-refractivity contribution in [3.05, 3.63) is 51.7 Å². The minimum absolute atomic E-state index is 0.155. The van der Waals surface area contributed by atoms with Gasteiger partial charge in [0.2, 0.25) is 0 Å². The van der Waals surface area contributed by atoms with Gasteiger partial charge in [-0.15, -0.1) is 11.3 Å². The van der Waals surface area contributed by atoms with Gasteiger partial charge in [-0.1, -0.05) is 12.1 Å². The third kappa shape index (κ3) is 3.47. The lowest BCUT2D eigenvalue weighted by Crippen LogP contribution is -3.14. The first kappa shape index (κ1) is 17.0. The van der Waals surface area contributed by atoms with Gasteiger partial charge in [0, 0.05) is 16.9 Å². The monoisotopic (exact) mass is 355 g/mol. The number of fused-ring (bicyclic) bond motifs is 1. The lowest BCUT2D eigenvalue weighted by Gasteiger charge is -2.30. The zero-order valence-electron chi connectivity index (χ0n) is 13.1. The second kappa shape index (κ2) is 6.57. The van der Waals surface area contributed by atoms with E-state index < -0.39 is 17.6 Å². The van der Waals surface area contributed by atoms with Gasteiger partial charge in [0.25, 0.3) is 5.91 Å². The van der Waals surface area contributed by atoms with Crippen LogP contribution in [0.2, 0.25) is 0 Å². The second-order valence-corrected chi connectivity index (χ2v) is 6.95. The molecule has 3 rings (SSSR count). The number of carbonyl (C=O) groups excluding carboxylic acids is 1. The topological polar surface area (TPSA) is 33.5 Å². The number of quaternary nitrogens is 1. The molecule has 0 fully saturated rings. The maximum atomic E-state index is 13.0. The summed E-state index contributed by atoms with van der Waals surface area (Å²) in [5.41, 5.74) is 0.236. The summed E-state index contributed by atoms with van der Waals surface area (Å²) in [6.45, 7) is 3.02. The van der Waals surface area contributed by atoms with Crippen molar-refractivity contribution >= 4 is 22.9 Å². The smallest absolute Gasteiger partial charge is 0.321 e. The predicted molar refractivity (Wildman–Crippen MR) is 87.2 cm³/mol. The van der Waals surface area contributed by atoms with Gasteiger partial charge in [0.05, 0.1) is 17.8 Å². The van der Waals surface area contributed by atoms with E-state index in [9.17, 15) is 18.0 Å². The molecule has 2 atom stereocenters. The van der Waals surface area contributed by atoms with E-state index in [0.29, 0.717) is 0 Å². The van der Waals surface area contributed by atoms with E-state index in [1.807, 2.05) is 5.38 Å². The molecular formula is C17H18F3N2OS+. The van der Waals surface area contributed by atoms with Gasteiger partial charge >= 0.3 is 6.18 Å². The minimum atomic E-state index is -4.49. The molecule has 2 heterocycles. The second-order valence-electron chi connectivity index (χ2n) is 5.95. The molecule has 0 radical (unpaired) electrons. The molecule has 1 aromatic heterocycles. The molecule has 0 saturated heterocycles. The fourth-order valence-corrected chi connectivity index (χ4v) is 4.11. The minimum Gasteiger partial charge on any atom is -0.321 e. The highest BCUT2D eigenvalue weighted by molar-refractivity contribution is 7.10. The van der Waals surface area contributed by atoms with Gasteiger partial charge in [0.15, 0.2) is 6.54 Å². The number of rotatable bonds is 3. The zero-order valence-corrected chi connectivity index (χ0v) is 13.9. The van der Waals surface area contributed by atoms with E-state index >= 15 is 0 Å². The number of amides is 1. The Morgan fingerprint density at radius 1 is 1.33 bits per heavy atom. The molecule has 3 nitrogen and oxygen atoms in total. The van der Waals surface area contributed by atoms with Crippen LogP contribution in [-0.4, -0.2) is 19.0 Å². The molecule has 1 aromatic carbocycles. The number of benzene rings is 1. The molecule has 0 bridgehead atoms. The summed E-state index contributed by atoms with van der Waals surface area (Å²) < 4.78 is 39.0. The highest BCUT2D eigenvalue weighted by atomic mass is 32.1. The molecule has 0 spiro atoms. The first-order valence-corrected chi connectivity index (χ1v) is 8.61. The Labute approximate surface area is 142 Å². The Morgan fingerprint density at radius 3 is 2.83 bits per heavy atom. The predicted octanol–water partition coefficient (Wildman–Crippen LogP) is 2.91. The lowest BCUT2D eigenvalue weighted by atomic mass is 10.0. The van der Waals surface area contributed by atoms with Crippen LogP contribution < -0.4 is 10.2 Å². The number of anilines is 1. The molecule has 1 unspecified atom stereocenters. The largest absolute Gasteiger partial charge is 0.418 e. The molecule has 0 aliphatic carbocycles. The average Bonchev–Trinajstić information content (AvgIpc) is 2.99. The van der Waals surface area contributed by atoms with Crippen LogP contribution in [0.15, 0.2) is 35.7 Å². The van der Waals surface area contributed by atoms with Gasteiger partial charge in [-0.2, -0.15) is 13.2 Å². The van der Waals surface area contributed by atoms with E-state index in [2.05, 4.69) is 18.3 Å². The average molecular weight is 355 g/mol. The number of halogens is 3. The lowest BCUT2D eigenvalue weighted by molar-refractivity contribution is -0.923. The Morgan fingerprint density at radius 2 is 2.08 bits per heavy atom. The van der Waals surface area contributed by atoms with Crippen LogP contribution in [0.25, 0.3) is 0 Å². The number of alkyl halides is 3. The maximum absolute atomic E-state index is 13.0. The van der Waals surface area contributed by atoms with Crippen molar-refractivity contribution < 1.29 is 22.9 Å². The van der Waals surface area contributed by atoms with E-state index in [-0.39, 0.29) is 18.3 Å². The maximum Gasteiger partial charge on any atom is 0.418 e. The van der Waals surface area contributed by atoms with E-state index in [1.54, 1.807) is 11.3 Å². The van der Waals surface area contributed by atoms with Crippen LogP contribution in [0.3, 0.4) is 0 Å². The summed E-state index contributed by atoms with van der Waals surface area (Å²) in [4.78, 5) is 14.7. The van der Waals surface area contributed by atoms with Crippen molar-refractivity contribution in [2.75, 3.05) is 18.4 Å². The quantitative estimate of drug-likeness (QED) is 0.872. The van der Waals surface area contributed by atoms with Gasteiger partial charge in [0.1, 0.15) is 6.04 Å². The van der Waals surface area contributed by atoms with Crippen LogP contribution in [0.1, 0.15) is 29.0 Å². The first-order valence-electron chi connectivity index (χ1n) is 7.73. The number of hydrogen-bond donors (Lipinski definition) is 2. The van der Waals surface area contributed by atoms with Crippen LogP contribution in [0.5, 0.6) is 0 Å². The van der Waals surface area contributed by atoms with Crippen LogP contribution in [-0.2, 0) is 17.4 Å². The normalized spacial score (nSPS) is 20.5. The number of hydrogen-bond acceptors (Lipinski definition) is 2. The number of carbonyl (C=O) groups is 1. The molecule has 1 amide bonds. The molecule has 7 heteroatoms. The summed E-state index contributed by atoms with van der Waals surface area (Å²) in [5, 5.41) is 4.47. The Bertz CT molecular complexity index is 741. The highest BCUT2D eigenvalue weighted by Crippen LogP contribution is 2.34. The van der Waals surface area contributed by atoms with Crippen molar-refractivity contribution in [3.63, 3.8) is 0 Å². The van der Waals surface area contributed by atoms with E-state index in [0.717, 1.165) is 23.9 Å². The fraction of sp³-hybridized carbons (Fsp3) is 0.353. The Kier molecular flexibility index (Phi) is 4.64. The Balaban J connectivity index is 1.69. The van der Waals surface area contributed by atoms with Gasteiger partial charge < -0.3 is 10.2 Å². The summed E-state index contributed by atoms with van der Waals surface area (Å²) in [6, 6.07) is 7.30. The van der Waals surface area contributed by atoms with E-state index in [1.165, 1.54) is 28.6 Å². The summed E-state index contributed by atoms with van der Waals surface area (Å²) in [6.07, 6.45) is -3.58. The molecule has 0 saturated carbocycles. The van der Waals surface area contributed by atoms with Crippen LogP contribution in [0.4, 0.5) is 18.9 Å². The molecule has 2 aromatic rings. The third-order valence-corrected chi connectivity index (χ3v) is 5.42. The molecule has 128 valence electrons. The highest BCUT2D eigenvalue weighted by Gasteiger charge is 2.34. The molecule has 1 aliphatic rings. The van der Waals surface area contributed by atoms with Crippen LogP contribution >= 0.6 is 11.3 Å². The fourth-order valence-electron chi connectivity index (χ4n) is 3.13. The van der Waals surface area contributed by atoms with Crippen molar-refractivity contribution in [1.82, 2.24) is 0 Å². The zero-order chi connectivity index (χ0) is 17.3. The van der Waals surface area contributed by atoms with E-state index in [4.69, 9.17) is 0 Å². The third-order valence-electron chi connectivity index (χ3n) is 4.43. The van der Waals surface area contributed by atoms with Gasteiger partial charge in [-0.05, 0) is 30.5 Å². The van der Waals surface area contributed by atoms with Crippen molar-refractivity contribution in [2.45, 2.75) is 25.6 Å². The molecular weight excluding hydrogens is 337 g/mol. The summed E-state index contributed by atoms with van der Waals surface area (Å²) >= 11 is 1.72. The van der Waals surface area contributed by atoms with Crippen molar-refractivity contribution in [2.24, 2.45) is 0 Å². The molecule has 24 heavy (non-hydrogen) atoms. The SMILES string of the molecule is C[C@@H]1c2ccsc2CC[NH+]1CC(=O)Nc1ccccc1C(F)(F)F. The Hall–Kier alpha value is -1.86. The van der Waals surface area contributed by atoms with Crippen molar-refractivity contribution in [1.29, 1.82) is 0 Å². The van der Waals surface area contributed by atoms with Crippen LogP contribution in [0, 0.1) is 0 Å². The number of thiophene rings is 1. The van der Waals surface area contributed by atoms with Gasteiger partial charge in [-0.3, -0.25) is 4.79 Å². The summed E-state index contributed by atoms with van der Waals surface area (Å²) in [5.74, 6) is -0.396. The molecule has 1 aliphatic heterocycles. The summed E-state index contributed by atoms with van der Waals surface area (Å²) in [7, 11) is 0. The number of para-hydroxylation sites is 1. The number of nitrogens with one attached hydrogen (secondary N) is 2. The first-order chi connectivity index (χ1) is 11.4.